The minimum Gasteiger partial charge on any atom is -0.313 e. The maximum atomic E-state index is 3.68. The lowest BCUT2D eigenvalue weighted by molar-refractivity contribution is 0.126. The van der Waals surface area contributed by atoms with Crippen LogP contribution in [0.3, 0.4) is 0 Å². The molecule has 2 aliphatic carbocycles. The fourth-order valence-electron chi connectivity index (χ4n) is 3.01. The molecule has 17 heavy (non-hydrogen) atoms. The van der Waals surface area contributed by atoms with Crippen molar-refractivity contribution in [2.24, 2.45) is 5.92 Å². The molecule has 0 radical (unpaired) electrons. The maximum absolute atomic E-state index is 3.68. The summed E-state index contributed by atoms with van der Waals surface area (Å²) < 4.78 is 0. The molecule has 98 valence electrons. The number of nitrogens with one attached hydrogen (secondary N) is 1. The van der Waals surface area contributed by atoms with E-state index in [0.717, 1.165) is 18.0 Å². The molecule has 1 saturated heterocycles. The molecule has 2 saturated carbocycles. The zero-order valence-corrected chi connectivity index (χ0v) is 11.2. The van der Waals surface area contributed by atoms with Crippen molar-refractivity contribution in [3.05, 3.63) is 0 Å². The number of rotatable bonds is 6. The lowest BCUT2D eigenvalue weighted by Gasteiger charge is -2.35. The Morgan fingerprint density at radius 1 is 1.06 bits per heavy atom. The Labute approximate surface area is 106 Å². The van der Waals surface area contributed by atoms with E-state index in [1.165, 1.54) is 65.0 Å². The predicted molar refractivity (Wildman–Crippen MR) is 71.2 cm³/mol. The predicted octanol–water partition coefficient (Wildman–Crippen LogP) is 1.15. The first-order valence-corrected chi connectivity index (χ1v) is 7.53. The quantitative estimate of drug-likeness (QED) is 0.748. The molecule has 0 aromatic heterocycles. The molecule has 1 aliphatic heterocycles. The summed E-state index contributed by atoms with van der Waals surface area (Å²) in [6.07, 6.45) is 5.82. The molecule has 1 N–H and O–H groups in total. The van der Waals surface area contributed by atoms with Gasteiger partial charge in [-0.1, -0.05) is 0 Å². The second kappa shape index (κ2) is 5.25. The molecule has 0 spiro atoms. The highest BCUT2D eigenvalue weighted by Crippen LogP contribution is 2.32. The minimum absolute atomic E-state index is 0.753. The first-order chi connectivity index (χ1) is 8.33. The van der Waals surface area contributed by atoms with Gasteiger partial charge >= 0.3 is 0 Å². The first kappa shape index (κ1) is 11.9. The fraction of sp³-hybridized carbons (Fsp3) is 1.00. The van der Waals surface area contributed by atoms with Gasteiger partial charge in [0.25, 0.3) is 0 Å². The molecule has 0 aromatic rings. The summed E-state index contributed by atoms with van der Waals surface area (Å²) in [5.74, 6) is 0.988. The molecular weight excluding hydrogens is 210 g/mol. The summed E-state index contributed by atoms with van der Waals surface area (Å²) in [5, 5.41) is 3.68. The molecule has 1 atom stereocenters. The van der Waals surface area contributed by atoms with Crippen molar-refractivity contribution in [3.8, 4) is 0 Å². The Morgan fingerprint density at radius 3 is 2.35 bits per heavy atom. The monoisotopic (exact) mass is 237 g/mol. The van der Waals surface area contributed by atoms with Crippen LogP contribution in [-0.2, 0) is 0 Å². The largest absolute Gasteiger partial charge is 0.313 e. The Balaban J connectivity index is 1.28. The van der Waals surface area contributed by atoms with Crippen molar-refractivity contribution >= 4 is 0 Å². The van der Waals surface area contributed by atoms with E-state index in [1.54, 1.807) is 0 Å². The van der Waals surface area contributed by atoms with Gasteiger partial charge in [0.1, 0.15) is 0 Å². The Kier molecular flexibility index (Phi) is 3.69. The van der Waals surface area contributed by atoms with Crippen molar-refractivity contribution in [1.82, 2.24) is 15.1 Å². The van der Waals surface area contributed by atoms with Crippen LogP contribution in [0.25, 0.3) is 0 Å². The second-order valence-corrected chi connectivity index (χ2v) is 6.19. The van der Waals surface area contributed by atoms with Gasteiger partial charge < -0.3 is 5.32 Å². The van der Waals surface area contributed by atoms with Crippen LogP contribution in [0.2, 0.25) is 0 Å². The average Bonchev–Trinajstić information content (AvgIpc) is 3.18. The van der Waals surface area contributed by atoms with E-state index in [1.807, 2.05) is 0 Å². The molecule has 1 unspecified atom stereocenters. The lowest BCUT2D eigenvalue weighted by atomic mass is 10.2. The summed E-state index contributed by atoms with van der Waals surface area (Å²) in [6.45, 7) is 9.97. The molecule has 3 heteroatoms. The third kappa shape index (κ3) is 3.43. The topological polar surface area (TPSA) is 18.5 Å². The molecule has 0 aromatic carbocycles. The highest BCUT2D eigenvalue weighted by Gasteiger charge is 2.31. The summed E-state index contributed by atoms with van der Waals surface area (Å²) in [7, 11) is 0. The van der Waals surface area contributed by atoms with Gasteiger partial charge in [0.2, 0.25) is 0 Å². The number of hydrogen-bond acceptors (Lipinski definition) is 3. The van der Waals surface area contributed by atoms with E-state index in [2.05, 4.69) is 22.0 Å². The van der Waals surface area contributed by atoms with E-state index in [9.17, 15) is 0 Å². The Bertz CT molecular complexity index is 240. The molecule has 3 aliphatic rings. The molecular formula is C14H27N3. The van der Waals surface area contributed by atoms with E-state index < -0.39 is 0 Å². The summed E-state index contributed by atoms with van der Waals surface area (Å²) >= 11 is 0. The Hall–Kier alpha value is -0.120. The van der Waals surface area contributed by atoms with Gasteiger partial charge in [0.05, 0.1) is 0 Å². The SMILES string of the molecule is CC(NCCN1CCN(C2CC2)CC1)C1CC1. The van der Waals surface area contributed by atoms with Crippen LogP contribution >= 0.6 is 0 Å². The zero-order valence-electron chi connectivity index (χ0n) is 11.2. The molecule has 1 heterocycles. The smallest absolute Gasteiger partial charge is 0.0113 e. The highest BCUT2D eigenvalue weighted by molar-refractivity contribution is 4.88. The third-order valence-electron chi connectivity index (χ3n) is 4.69. The second-order valence-electron chi connectivity index (χ2n) is 6.19. The van der Waals surface area contributed by atoms with Crippen molar-refractivity contribution in [1.29, 1.82) is 0 Å². The standard InChI is InChI=1S/C14H27N3/c1-12(13-2-3-13)15-6-7-16-8-10-17(11-9-16)14-4-5-14/h12-15H,2-11H2,1H3. The summed E-state index contributed by atoms with van der Waals surface area (Å²) in [5.41, 5.74) is 0. The van der Waals surface area contributed by atoms with Crippen molar-refractivity contribution in [2.45, 2.75) is 44.7 Å². The van der Waals surface area contributed by atoms with Crippen LogP contribution in [0.1, 0.15) is 32.6 Å². The average molecular weight is 237 g/mol. The van der Waals surface area contributed by atoms with Gasteiger partial charge in [0, 0.05) is 51.4 Å². The number of hydrogen-bond donors (Lipinski definition) is 1. The third-order valence-corrected chi connectivity index (χ3v) is 4.69. The van der Waals surface area contributed by atoms with E-state index >= 15 is 0 Å². The lowest BCUT2D eigenvalue weighted by Crippen LogP contribution is -2.49. The normalized spacial score (nSPS) is 29.5. The fourth-order valence-corrected chi connectivity index (χ4v) is 3.01. The molecule has 3 rings (SSSR count). The number of nitrogens with zero attached hydrogens (tertiary/aromatic N) is 2. The van der Waals surface area contributed by atoms with Crippen LogP contribution in [0.4, 0.5) is 0 Å². The van der Waals surface area contributed by atoms with E-state index in [-0.39, 0.29) is 0 Å². The zero-order chi connectivity index (χ0) is 11.7. The van der Waals surface area contributed by atoms with Gasteiger partial charge in [-0.2, -0.15) is 0 Å². The van der Waals surface area contributed by atoms with Crippen LogP contribution in [-0.4, -0.2) is 61.2 Å². The molecule has 3 fully saturated rings. The number of piperazine rings is 1. The van der Waals surface area contributed by atoms with Gasteiger partial charge in [-0.15, -0.1) is 0 Å². The molecule has 3 nitrogen and oxygen atoms in total. The van der Waals surface area contributed by atoms with Gasteiger partial charge in [-0.05, 0) is 38.5 Å². The van der Waals surface area contributed by atoms with E-state index in [0.29, 0.717) is 0 Å². The van der Waals surface area contributed by atoms with Crippen molar-refractivity contribution in [2.75, 3.05) is 39.3 Å². The molecule has 0 bridgehead atoms. The highest BCUT2D eigenvalue weighted by atomic mass is 15.3. The first-order valence-electron chi connectivity index (χ1n) is 7.53. The van der Waals surface area contributed by atoms with Gasteiger partial charge in [-0.25, -0.2) is 0 Å². The van der Waals surface area contributed by atoms with Gasteiger partial charge in [-0.3, -0.25) is 9.80 Å². The Morgan fingerprint density at radius 2 is 1.76 bits per heavy atom. The maximum Gasteiger partial charge on any atom is 0.0113 e. The van der Waals surface area contributed by atoms with Crippen molar-refractivity contribution < 1.29 is 0 Å². The minimum atomic E-state index is 0.753. The summed E-state index contributed by atoms with van der Waals surface area (Å²) in [4.78, 5) is 5.32. The van der Waals surface area contributed by atoms with E-state index in [4.69, 9.17) is 0 Å². The van der Waals surface area contributed by atoms with Crippen LogP contribution in [0.5, 0.6) is 0 Å². The molecule has 0 amide bonds. The van der Waals surface area contributed by atoms with Crippen molar-refractivity contribution in [3.63, 3.8) is 0 Å². The summed E-state index contributed by atoms with van der Waals surface area (Å²) in [6, 6.07) is 1.72. The van der Waals surface area contributed by atoms with Crippen LogP contribution < -0.4 is 5.32 Å². The van der Waals surface area contributed by atoms with Gasteiger partial charge in [0.15, 0.2) is 0 Å². The van der Waals surface area contributed by atoms with Crippen LogP contribution in [0.15, 0.2) is 0 Å². The van der Waals surface area contributed by atoms with Crippen LogP contribution in [0, 0.1) is 5.92 Å².